The lowest BCUT2D eigenvalue weighted by molar-refractivity contribution is -0.156. The number of halogens is 3. The van der Waals surface area contributed by atoms with Crippen molar-refractivity contribution >= 4 is 17.7 Å². The van der Waals surface area contributed by atoms with Gasteiger partial charge in [-0.25, -0.2) is 0 Å². The molecule has 2 aliphatic heterocycles. The van der Waals surface area contributed by atoms with Crippen molar-refractivity contribution in [3.63, 3.8) is 0 Å². The molecule has 23 heavy (non-hydrogen) atoms. The number of nitrogens with zero attached hydrogens (tertiary/aromatic N) is 2. The zero-order valence-corrected chi connectivity index (χ0v) is 13.5. The highest BCUT2D eigenvalue weighted by molar-refractivity contribution is 8.04. The molecule has 1 aromatic rings. The molecule has 3 heterocycles. The Labute approximate surface area is 136 Å². The largest absolute Gasteiger partial charge is 0.452 e. The van der Waals surface area contributed by atoms with Gasteiger partial charge in [-0.3, -0.25) is 4.79 Å². The van der Waals surface area contributed by atoms with Crippen molar-refractivity contribution in [1.82, 2.24) is 10.1 Å². The van der Waals surface area contributed by atoms with Gasteiger partial charge in [0.05, 0.1) is 10.2 Å². The topological polar surface area (TPSA) is 46.3 Å². The Balaban J connectivity index is 1.69. The molecule has 0 aliphatic carbocycles. The first-order valence-electron chi connectivity index (χ1n) is 7.57. The average molecular weight is 346 g/mol. The van der Waals surface area contributed by atoms with E-state index in [-0.39, 0.29) is 22.4 Å². The van der Waals surface area contributed by atoms with Crippen LogP contribution in [0.4, 0.5) is 13.2 Å². The minimum atomic E-state index is -4.54. The van der Waals surface area contributed by atoms with E-state index in [1.807, 2.05) is 4.90 Å². The first kappa shape index (κ1) is 16.4. The molecule has 8 heteroatoms. The standard InChI is InChI=1S/C15H17F3N2O2S/c1-9-12(19-22-13(9)15(16,17)18)10-5-6-11(23-10)14(21)20-7-3-2-4-8-20/h6,10H,2-5,7-8H2,1H3. The van der Waals surface area contributed by atoms with Crippen molar-refractivity contribution in [2.75, 3.05) is 13.1 Å². The maximum Gasteiger partial charge on any atom is 0.452 e. The number of amides is 1. The summed E-state index contributed by atoms with van der Waals surface area (Å²) in [4.78, 5) is 14.9. The number of alkyl halides is 3. The summed E-state index contributed by atoms with van der Waals surface area (Å²) in [6.45, 7) is 2.87. The Morgan fingerprint density at radius 2 is 2.04 bits per heavy atom. The fraction of sp³-hybridized carbons (Fsp3) is 0.600. The van der Waals surface area contributed by atoms with Gasteiger partial charge in [-0.1, -0.05) is 11.2 Å². The summed E-state index contributed by atoms with van der Waals surface area (Å²) >= 11 is 1.28. The highest BCUT2D eigenvalue weighted by Crippen LogP contribution is 2.46. The molecule has 1 saturated heterocycles. The number of carbonyl (C=O) groups is 1. The minimum absolute atomic E-state index is 0.00933. The quantitative estimate of drug-likeness (QED) is 0.810. The number of carbonyl (C=O) groups excluding carboxylic acids is 1. The molecule has 1 atom stereocenters. The van der Waals surface area contributed by atoms with E-state index >= 15 is 0 Å². The van der Waals surface area contributed by atoms with Gasteiger partial charge in [-0.05, 0) is 32.6 Å². The summed E-state index contributed by atoms with van der Waals surface area (Å²) in [5, 5.41) is 3.30. The lowest BCUT2D eigenvalue weighted by Gasteiger charge is -2.27. The third-order valence-electron chi connectivity index (χ3n) is 4.16. The third kappa shape index (κ3) is 3.27. The number of aromatic nitrogens is 1. The number of allylic oxidation sites excluding steroid dienone is 1. The Morgan fingerprint density at radius 1 is 1.35 bits per heavy atom. The Hall–Kier alpha value is -1.44. The van der Waals surface area contributed by atoms with E-state index in [1.54, 1.807) is 6.08 Å². The van der Waals surface area contributed by atoms with E-state index in [2.05, 4.69) is 9.68 Å². The van der Waals surface area contributed by atoms with Crippen LogP contribution in [0.3, 0.4) is 0 Å². The molecular weight excluding hydrogens is 329 g/mol. The van der Waals surface area contributed by atoms with Gasteiger partial charge in [0.1, 0.15) is 5.69 Å². The molecule has 0 aromatic carbocycles. The van der Waals surface area contributed by atoms with Crippen LogP contribution in [0, 0.1) is 6.92 Å². The zero-order valence-electron chi connectivity index (χ0n) is 12.7. The van der Waals surface area contributed by atoms with Gasteiger partial charge in [0.2, 0.25) is 5.76 Å². The van der Waals surface area contributed by atoms with Crippen LogP contribution in [0.2, 0.25) is 0 Å². The smallest absolute Gasteiger partial charge is 0.351 e. The summed E-state index contributed by atoms with van der Waals surface area (Å²) in [5.74, 6) is -1.07. The van der Waals surface area contributed by atoms with Gasteiger partial charge in [0.25, 0.3) is 5.91 Å². The van der Waals surface area contributed by atoms with Crippen molar-refractivity contribution in [3.05, 3.63) is 28.0 Å². The summed E-state index contributed by atoms with van der Waals surface area (Å²) < 4.78 is 42.8. The average Bonchev–Trinajstić information content (AvgIpc) is 3.13. The van der Waals surface area contributed by atoms with Crippen molar-refractivity contribution < 1.29 is 22.5 Å². The van der Waals surface area contributed by atoms with Crippen molar-refractivity contribution in [2.45, 2.75) is 44.0 Å². The fourth-order valence-corrected chi connectivity index (χ4v) is 4.19. The van der Waals surface area contributed by atoms with E-state index in [9.17, 15) is 18.0 Å². The SMILES string of the molecule is Cc1c(C2CC=C(C(=O)N3CCCCC3)S2)noc1C(F)(F)F. The van der Waals surface area contributed by atoms with Crippen LogP contribution in [-0.4, -0.2) is 29.1 Å². The normalized spacial score (nSPS) is 22.3. The lowest BCUT2D eigenvalue weighted by Crippen LogP contribution is -2.35. The fourth-order valence-electron chi connectivity index (χ4n) is 2.93. The number of thioether (sulfide) groups is 1. The molecule has 0 radical (unpaired) electrons. The molecule has 0 bridgehead atoms. The van der Waals surface area contributed by atoms with Crippen molar-refractivity contribution in [1.29, 1.82) is 0 Å². The number of hydrogen-bond donors (Lipinski definition) is 0. The van der Waals surface area contributed by atoms with Crippen LogP contribution in [0.5, 0.6) is 0 Å². The number of likely N-dealkylation sites (tertiary alicyclic amines) is 1. The summed E-state index contributed by atoms with van der Waals surface area (Å²) in [6.07, 6.45) is 0.891. The van der Waals surface area contributed by atoms with Crippen LogP contribution >= 0.6 is 11.8 Å². The molecule has 1 amide bonds. The highest BCUT2D eigenvalue weighted by atomic mass is 32.2. The Kier molecular flexibility index (Phi) is 4.44. The number of piperidine rings is 1. The molecular formula is C15H17F3N2O2S. The molecule has 4 nitrogen and oxygen atoms in total. The molecule has 0 saturated carbocycles. The maximum absolute atomic E-state index is 12.8. The van der Waals surface area contributed by atoms with E-state index in [0.717, 1.165) is 32.4 Å². The summed E-state index contributed by atoms with van der Waals surface area (Å²) in [6, 6.07) is 0. The summed E-state index contributed by atoms with van der Waals surface area (Å²) in [5.41, 5.74) is 0.287. The predicted octanol–water partition coefficient (Wildman–Crippen LogP) is 4.08. The van der Waals surface area contributed by atoms with Crippen LogP contribution in [-0.2, 0) is 11.0 Å². The lowest BCUT2D eigenvalue weighted by atomic mass is 10.1. The van der Waals surface area contributed by atoms with Gasteiger partial charge < -0.3 is 9.42 Å². The predicted molar refractivity (Wildman–Crippen MR) is 79.7 cm³/mol. The highest BCUT2D eigenvalue weighted by Gasteiger charge is 2.41. The van der Waals surface area contributed by atoms with Crippen molar-refractivity contribution in [3.8, 4) is 0 Å². The molecule has 0 N–H and O–H groups in total. The maximum atomic E-state index is 12.8. The molecule has 1 aromatic heterocycles. The number of hydrogen-bond acceptors (Lipinski definition) is 4. The first-order valence-corrected chi connectivity index (χ1v) is 8.45. The minimum Gasteiger partial charge on any atom is -0.351 e. The van der Waals surface area contributed by atoms with Gasteiger partial charge in [-0.15, -0.1) is 11.8 Å². The van der Waals surface area contributed by atoms with E-state index < -0.39 is 11.9 Å². The Morgan fingerprint density at radius 3 is 2.65 bits per heavy atom. The molecule has 0 spiro atoms. The van der Waals surface area contributed by atoms with Gasteiger partial charge in [-0.2, -0.15) is 13.2 Å². The third-order valence-corrected chi connectivity index (χ3v) is 5.46. The molecule has 1 fully saturated rings. The van der Waals surface area contributed by atoms with E-state index in [4.69, 9.17) is 0 Å². The number of rotatable bonds is 2. The summed E-state index contributed by atoms with van der Waals surface area (Å²) in [7, 11) is 0. The molecule has 3 rings (SSSR count). The van der Waals surface area contributed by atoms with Crippen LogP contribution in [0.25, 0.3) is 0 Å². The second-order valence-corrected chi connectivity index (χ2v) is 7.03. The molecule has 126 valence electrons. The monoisotopic (exact) mass is 346 g/mol. The molecule has 2 aliphatic rings. The van der Waals surface area contributed by atoms with E-state index in [1.165, 1.54) is 18.7 Å². The van der Waals surface area contributed by atoms with Gasteiger partial charge in [0.15, 0.2) is 0 Å². The van der Waals surface area contributed by atoms with E-state index in [0.29, 0.717) is 11.3 Å². The van der Waals surface area contributed by atoms with Gasteiger partial charge in [0, 0.05) is 18.7 Å². The second kappa shape index (κ2) is 6.22. The Bertz CT molecular complexity index is 633. The zero-order chi connectivity index (χ0) is 16.6. The second-order valence-electron chi connectivity index (χ2n) is 5.78. The van der Waals surface area contributed by atoms with Crippen LogP contribution in [0.15, 0.2) is 15.5 Å². The first-order chi connectivity index (χ1) is 10.9. The van der Waals surface area contributed by atoms with Crippen LogP contribution in [0.1, 0.15) is 48.0 Å². The molecule has 1 unspecified atom stereocenters. The van der Waals surface area contributed by atoms with Crippen molar-refractivity contribution in [2.24, 2.45) is 0 Å². The van der Waals surface area contributed by atoms with Crippen LogP contribution < -0.4 is 0 Å². The van der Waals surface area contributed by atoms with Gasteiger partial charge >= 0.3 is 6.18 Å².